The van der Waals surface area contributed by atoms with E-state index in [-0.39, 0.29) is 5.56 Å². The Morgan fingerprint density at radius 2 is 2.17 bits per heavy atom. The second kappa shape index (κ2) is 8.50. The molecule has 2 aromatic rings. The Labute approximate surface area is 151 Å². The molecule has 0 amide bonds. The average Bonchev–Trinajstić information content (AvgIpc) is 3.14. The first-order valence-corrected chi connectivity index (χ1v) is 10.7. The van der Waals surface area contributed by atoms with Crippen molar-refractivity contribution in [3.63, 3.8) is 0 Å². The molecule has 3 rings (SSSR count). The number of hydrogen-bond acceptors (Lipinski definition) is 5. The van der Waals surface area contributed by atoms with Gasteiger partial charge in [-0.3, -0.25) is 9.36 Å². The molecule has 0 fully saturated rings. The first-order valence-electron chi connectivity index (χ1n) is 8.93. The van der Waals surface area contributed by atoms with Crippen molar-refractivity contribution in [3.05, 3.63) is 20.8 Å². The van der Waals surface area contributed by atoms with Gasteiger partial charge in [0.25, 0.3) is 5.56 Å². The van der Waals surface area contributed by atoms with E-state index in [2.05, 4.69) is 6.92 Å². The molecular weight excluding hydrogens is 340 g/mol. The molecule has 2 heterocycles. The van der Waals surface area contributed by atoms with Crippen molar-refractivity contribution in [2.75, 3.05) is 19.5 Å². The second-order valence-corrected chi connectivity index (χ2v) is 8.44. The normalized spacial score (nSPS) is 13.8. The van der Waals surface area contributed by atoms with Gasteiger partial charge in [-0.05, 0) is 44.1 Å². The van der Waals surface area contributed by atoms with Crippen LogP contribution in [0, 0.1) is 0 Å². The highest BCUT2D eigenvalue weighted by Crippen LogP contribution is 2.35. The third-order valence-electron chi connectivity index (χ3n) is 4.46. The summed E-state index contributed by atoms with van der Waals surface area (Å²) in [7, 11) is 1.75. The highest BCUT2D eigenvalue weighted by Gasteiger charge is 2.23. The summed E-state index contributed by atoms with van der Waals surface area (Å²) in [4.78, 5) is 20.3. The Bertz CT molecular complexity index is 752. The number of thiophene rings is 1. The standard InChI is InChI=1S/C18H26N2O2S2/c1-3-10-20-17(21)15-13-8-7-9-14(13)24-16(15)19-18(20)23-12-6-4-5-11-22-2/h3-12H2,1-2H3. The van der Waals surface area contributed by atoms with Crippen LogP contribution in [0.3, 0.4) is 0 Å². The third kappa shape index (κ3) is 3.70. The van der Waals surface area contributed by atoms with Gasteiger partial charge in [0.1, 0.15) is 4.83 Å². The molecule has 0 aromatic carbocycles. The summed E-state index contributed by atoms with van der Waals surface area (Å²) in [5.74, 6) is 1.01. The molecule has 0 unspecified atom stereocenters. The molecular formula is C18H26N2O2S2. The van der Waals surface area contributed by atoms with Gasteiger partial charge in [0.15, 0.2) is 5.16 Å². The molecule has 1 aliphatic carbocycles. The number of unbranched alkanes of at least 4 members (excludes halogenated alkanes) is 2. The zero-order valence-corrected chi connectivity index (χ0v) is 16.2. The Balaban J connectivity index is 1.81. The highest BCUT2D eigenvalue weighted by atomic mass is 32.2. The maximum Gasteiger partial charge on any atom is 0.263 e. The summed E-state index contributed by atoms with van der Waals surface area (Å²) >= 11 is 3.47. The quantitative estimate of drug-likeness (QED) is 0.378. The molecule has 0 aliphatic heterocycles. The topological polar surface area (TPSA) is 44.1 Å². The Hall–Kier alpha value is -0.850. The van der Waals surface area contributed by atoms with E-state index in [1.807, 2.05) is 4.57 Å². The van der Waals surface area contributed by atoms with Crippen molar-refractivity contribution < 1.29 is 4.74 Å². The van der Waals surface area contributed by atoms with Crippen LogP contribution in [0.2, 0.25) is 0 Å². The number of aromatic nitrogens is 2. The fraction of sp³-hybridized carbons (Fsp3) is 0.667. The van der Waals surface area contributed by atoms with E-state index in [0.717, 1.165) is 72.8 Å². The van der Waals surface area contributed by atoms with Crippen molar-refractivity contribution in [1.82, 2.24) is 9.55 Å². The molecule has 0 saturated carbocycles. The van der Waals surface area contributed by atoms with Gasteiger partial charge in [0, 0.05) is 30.9 Å². The number of aryl methyl sites for hydroxylation is 2. The lowest BCUT2D eigenvalue weighted by Gasteiger charge is -2.11. The average molecular weight is 367 g/mol. The zero-order valence-electron chi connectivity index (χ0n) is 14.6. The Morgan fingerprint density at radius 1 is 1.29 bits per heavy atom. The number of hydrogen-bond donors (Lipinski definition) is 0. The van der Waals surface area contributed by atoms with Crippen LogP contribution in [-0.2, 0) is 24.1 Å². The fourth-order valence-corrected chi connectivity index (χ4v) is 5.60. The molecule has 0 bridgehead atoms. The van der Waals surface area contributed by atoms with Crippen molar-refractivity contribution in [1.29, 1.82) is 0 Å². The van der Waals surface area contributed by atoms with Gasteiger partial charge in [-0.1, -0.05) is 25.1 Å². The lowest BCUT2D eigenvalue weighted by molar-refractivity contribution is 0.192. The Morgan fingerprint density at radius 3 is 2.96 bits per heavy atom. The Kier molecular flexibility index (Phi) is 6.36. The van der Waals surface area contributed by atoms with Gasteiger partial charge < -0.3 is 4.74 Å². The summed E-state index contributed by atoms with van der Waals surface area (Å²) in [6.07, 6.45) is 7.70. The molecule has 0 N–H and O–H groups in total. The van der Waals surface area contributed by atoms with E-state index in [0.29, 0.717) is 0 Å². The molecule has 1 aliphatic rings. The van der Waals surface area contributed by atoms with Gasteiger partial charge in [-0.25, -0.2) is 4.98 Å². The van der Waals surface area contributed by atoms with Crippen LogP contribution >= 0.6 is 23.1 Å². The zero-order chi connectivity index (χ0) is 16.9. The van der Waals surface area contributed by atoms with Crippen LogP contribution < -0.4 is 5.56 Å². The van der Waals surface area contributed by atoms with Gasteiger partial charge in [0.2, 0.25) is 0 Å². The molecule has 0 spiro atoms. The minimum Gasteiger partial charge on any atom is -0.385 e. The monoisotopic (exact) mass is 366 g/mol. The third-order valence-corrected chi connectivity index (χ3v) is 6.71. The predicted molar refractivity (Wildman–Crippen MR) is 103 cm³/mol. The summed E-state index contributed by atoms with van der Waals surface area (Å²) < 4.78 is 7.00. The number of fused-ring (bicyclic) bond motifs is 3. The van der Waals surface area contributed by atoms with Crippen molar-refractivity contribution in [2.45, 2.75) is 63.6 Å². The maximum atomic E-state index is 13.0. The number of rotatable bonds is 9. The van der Waals surface area contributed by atoms with E-state index in [1.165, 1.54) is 16.9 Å². The first kappa shape index (κ1) is 18.0. The summed E-state index contributed by atoms with van der Waals surface area (Å²) in [5.41, 5.74) is 1.47. The molecule has 6 heteroatoms. The molecule has 24 heavy (non-hydrogen) atoms. The molecule has 0 atom stereocenters. The molecule has 4 nitrogen and oxygen atoms in total. The van der Waals surface area contributed by atoms with Crippen molar-refractivity contribution >= 4 is 33.3 Å². The minimum absolute atomic E-state index is 0.183. The lowest BCUT2D eigenvalue weighted by Crippen LogP contribution is -2.23. The van der Waals surface area contributed by atoms with E-state index < -0.39 is 0 Å². The van der Waals surface area contributed by atoms with E-state index in [1.54, 1.807) is 30.2 Å². The number of thioether (sulfide) groups is 1. The fourth-order valence-electron chi connectivity index (χ4n) is 3.28. The van der Waals surface area contributed by atoms with Crippen LogP contribution in [0.25, 0.3) is 10.2 Å². The lowest BCUT2D eigenvalue weighted by atomic mass is 10.2. The molecule has 132 valence electrons. The number of ether oxygens (including phenoxy) is 1. The number of methoxy groups -OCH3 is 1. The van der Waals surface area contributed by atoms with Gasteiger partial charge in [-0.15, -0.1) is 11.3 Å². The maximum absolute atomic E-state index is 13.0. The molecule has 0 saturated heterocycles. The summed E-state index contributed by atoms with van der Waals surface area (Å²) in [5, 5.41) is 1.81. The largest absolute Gasteiger partial charge is 0.385 e. The van der Waals surface area contributed by atoms with Gasteiger partial charge in [0.05, 0.1) is 5.39 Å². The minimum atomic E-state index is 0.183. The predicted octanol–water partition coefficient (Wildman–Crippen LogP) is 4.27. The van der Waals surface area contributed by atoms with E-state index >= 15 is 0 Å². The van der Waals surface area contributed by atoms with Crippen LogP contribution in [0.4, 0.5) is 0 Å². The smallest absolute Gasteiger partial charge is 0.263 e. The number of nitrogens with zero attached hydrogens (tertiary/aromatic N) is 2. The van der Waals surface area contributed by atoms with E-state index in [4.69, 9.17) is 9.72 Å². The first-order chi connectivity index (χ1) is 11.8. The summed E-state index contributed by atoms with van der Waals surface area (Å²) in [6.45, 7) is 3.71. The highest BCUT2D eigenvalue weighted by molar-refractivity contribution is 7.99. The molecule has 0 radical (unpaired) electrons. The second-order valence-electron chi connectivity index (χ2n) is 6.29. The SMILES string of the molecule is CCCn1c(SCCCCCOC)nc2sc3c(c2c1=O)CCC3. The van der Waals surface area contributed by atoms with Crippen LogP contribution in [-0.4, -0.2) is 29.0 Å². The summed E-state index contributed by atoms with van der Waals surface area (Å²) in [6, 6.07) is 0. The van der Waals surface area contributed by atoms with Crippen LogP contribution in [0.5, 0.6) is 0 Å². The van der Waals surface area contributed by atoms with Gasteiger partial charge >= 0.3 is 0 Å². The molecule has 2 aromatic heterocycles. The van der Waals surface area contributed by atoms with Crippen LogP contribution in [0.15, 0.2) is 9.95 Å². The van der Waals surface area contributed by atoms with Gasteiger partial charge in [-0.2, -0.15) is 0 Å². The van der Waals surface area contributed by atoms with Crippen LogP contribution in [0.1, 0.15) is 49.5 Å². The van der Waals surface area contributed by atoms with Crippen molar-refractivity contribution in [3.8, 4) is 0 Å². The van der Waals surface area contributed by atoms with E-state index in [9.17, 15) is 4.79 Å². The van der Waals surface area contributed by atoms with Crippen molar-refractivity contribution in [2.24, 2.45) is 0 Å².